The van der Waals surface area contributed by atoms with Gasteiger partial charge in [0, 0.05) is 18.1 Å². The minimum absolute atomic E-state index is 0.000703. The minimum atomic E-state index is -2.48. The van der Waals surface area contributed by atoms with Crippen molar-refractivity contribution in [3.05, 3.63) is 41.6 Å². The lowest BCUT2D eigenvalue weighted by molar-refractivity contribution is -0.0456. The highest BCUT2D eigenvalue weighted by molar-refractivity contribution is 7.31. The van der Waals surface area contributed by atoms with E-state index in [1.165, 1.54) is 6.42 Å². The zero-order valence-corrected chi connectivity index (χ0v) is 20.5. The molecule has 5 heteroatoms. The summed E-state index contributed by atoms with van der Waals surface area (Å²) in [4.78, 5) is 0. The van der Waals surface area contributed by atoms with Crippen LogP contribution >= 0.6 is 8.35 Å². The van der Waals surface area contributed by atoms with Crippen molar-refractivity contribution in [2.24, 2.45) is 5.92 Å². The number of halogens is 2. The molecule has 1 unspecified atom stereocenters. The van der Waals surface area contributed by atoms with Crippen LogP contribution < -0.4 is 0 Å². The van der Waals surface area contributed by atoms with E-state index in [0.717, 1.165) is 28.4 Å². The van der Waals surface area contributed by atoms with Crippen LogP contribution in [0.3, 0.4) is 0 Å². The monoisotopic (exact) mass is 436 g/mol. The summed E-state index contributed by atoms with van der Waals surface area (Å²) in [6.07, 6.45) is 5.02. The number of nitrogens with zero attached hydrogens (tertiary/aromatic N) is 1. The molecule has 1 aliphatic rings. The Morgan fingerprint density at radius 1 is 1.17 bits per heavy atom. The van der Waals surface area contributed by atoms with Gasteiger partial charge in [0.15, 0.2) is 0 Å². The van der Waals surface area contributed by atoms with E-state index in [1.54, 1.807) is 6.08 Å². The number of hydrogen-bond donors (Lipinski definition) is 1. The van der Waals surface area contributed by atoms with Gasteiger partial charge in [0.1, 0.15) is 11.8 Å². The van der Waals surface area contributed by atoms with Crippen LogP contribution in [0, 0.1) is 17.2 Å². The Labute approximate surface area is 183 Å². The molecule has 1 saturated carbocycles. The van der Waals surface area contributed by atoms with E-state index in [2.05, 4.69) is 43.4 Å². The summed E-state index contributed by atoms with van der Waals surface area (Å²) in [5, 5.41) is 10.1. The summed E-state index contributed by atoms with van der Waals surface area (Å²) >= 11 is 0. The molecule has 1 atom stereocenters. The average molecular weight is 437 g/mol. The number of benzene rings is 1. The molecule has 1 aromatic carbocycles. The summed E-state index contributed by atoms with van der Waals surface area (Å²) in [5.74, 6) is -2.16. The molecule has 1 fully saturated rings. The van der Waals surface area contributed by atoms with Gasteiger partial charge in [-0.15, -0.1) is 0 Å². The van der Waals surface area contributed by atoms with Gasteiger partial charge in [0.05, 0.1) is 0 Å². The van der Waals surface area contributed by atoms with Crippen LogP contribution in [0.4, 0.5) is 8.78 Å². The van der Waals surface area contributed by atoms with Crippen LogP contribution in [0.15, 0.2) is 24.8 Å². The molecule has 3 rings (SSSR count). The zero-order valence-electron chi connectivity index (χ0n) is 19.5. The number of hydrogen-bond acceptors (Lipinski definition) is 1. The predicted molar refractivity (Wildman–Crippen MR) is 130 cm³/mol. The number of H-pyrrole nitrogens is 1. The summed E-state index contributed by atoms with van der Waals surface area (Å²) in [6.45, 7) is 16.1. The van der Waals surface area contributed by atoms with E-state index in [9.17, 15) is 8.78 Å². The first kappa shape index (κ1) is 28.1. The van der Waals surface area contributed by atoms with Crippen molar-refractivity contribution in [2.45, 2.75) is 86.0 Å². The van der Waals surface area contributed by atoms with Crippen molar-refractivity contribution in [1.29, 1.82) is 5.26 Å². The Morgan fingerprint density at radius 2 is 1.73 bits per heavy atom. The fourth-order valence-electron chi connectivity index (χ4n) is 3.22. The van der Waals surface area contributed by atoms with Gasteiger partial charge in [-0.2, -0.15) is 5.26 Å². The SMILES string of the molecule is C=Cc1cc(CC2CCC(F)(F)CC2)cc(-c2[pH][nH]c2C#N)c1.CC.CC.CCC. The van der Waals surface area contributed by atoms with E-state index in [-0.39, 0.29) is 12.8 Å². The van der Waals surface area contributed by atoms with Crippen molar-refractivity contribution in [1.82, 2.24) is 4.75 Å². The van der Waals surface area contributed by atoms with Crippen LogP contribution in [-0.2, 0) is 6.42 Å². The average Bonchev–Trinajstić information content (AvgIpc) is 2.72. The summed E-state index contributed by atoms with van der Waals surface area (Å²) < 4.78 is 29.6. The molecule has 168 valence electrons. The first-order valence-electron chi connectivity index (χ1n) is 11.2. The largest absolute Gasteiger partial charge is 0.338 e. The molecule has 0 aliphatic heterocycles. The Bertz CT molecular complexity index is 758. The van der Waals surface area contributed by atoms with Gasteiger partial charge in [-0.3, -0.25) is 0 Å². The smallest absolute Gasteiger partial charge is 0.248 e. The zero-order chi connectivity index (χ0) is 23.2. The standard InChI is InChI=1S/C18H19F2N2P.C3H8.2C2H6/c1-2-12-7-14(8-13-3-5-18(19,20)6-4-13)10-15(9-12)17-16(11-21)22-23-17;1-3-2;2*1-2/h2,7,9-10,13,22-23H,1,3-6,8H2;3H2,1-2H3;2*1-2H3. The minimum Gasteiger partial charge on any atom is -0.338 e. The number of aromatic nitrogens is 1. The van der Waals surface area contributed by atoms with Gasteiger partial charge >= 0.3 is 0 Å². The van der Waals surface area contributed by atoms with E-state index >= 15 is 0 Å². The van der Waals surface area contributed by atoms with Gasteiger partial charge in [-0.25, -0.2) is 8.78 Å². The number of aromatic amines is 1. The topological polar surface area (TPSA) is 39.6 Å². The molecule has 0 bridgehead atoms. The van der Waals surface area contributed by atoms with Gasteiger partial charge < -0.3 is 4.75 Å². The Morgan fingerprint density at radius 3 is 2.17 bits per heavy atom. The maximum Gasteiger partial charge on any atom is 0.248 e. The first-order valence-corrected chi connectivity index (χ1v) is 12.2. The highest BCUT2D eigenvalue weighted by Gasteiger charge is 2.34. The molecular formula is C25H39F2N2P. The summed E-state index contributed by atoms with van der Waals surface area (Å²) in [5.41, 5.74) is 3.84. The molecule has 2 nitrogen and oxygen atoms in total. The van der Waals surface area contributed by atoms with Crippen LogP contribution in [0.5, 0.6) is 0 Å². The molecule has 0 radical (unpaired) electrons. The number of nitriles is 1. The Kier molecular flexibility index (Phi) is 14.1. The van der Waals surface area contributed by atoms with E-state index in [0.29, 0.717) is 32.8 Å². The third kappa shape index (κ3) is 8.88. The molecule has 0 saturated heterocycles. The lowest BCUT2D eigenvalue weighted by Gasteiger charge is -2.28. The van der Waals surface area contributed by atoms with Crippen molar-refractivity contribution in [3.8, 4) is 16.9 Å². The molecular weight excluding hydrogens is 397 g/mol. The van der Waals surface area contributed by atoms with Gasteiger partial charge in [0.2, 0.25) is 5.92 Å². The lowest BCUT2D eigenvalue weighted by atomic mass is 9.82. The maximum absolute atomic E-state index is 13.3. The molecule has 0 spiro atoms. The van der Waals surface area contributed by atoms with E-state index in [1.807, 2.05) is 33.8 Å². The van der Waals surface area contributed by atoms with Gasteiger partial charge in [-0.1, -0.05) is 81.1 Å². The number of rotatable bonds is 4. The molecule has 1 heterocycles. The first-order chi connectivity index (χ1) is 14.4. The number of nitrogens with one attached hydrogen (secondary N) is 1. The van der Waals surface area contributed by atoms with E-state index < -0.39 is 5.92 Å². The third-order valence-corrected chi connectivity index (χ3v) is 5.74. The lowest BCUT2D eigenvalue weighted by Crippen LogP contribution is -2.25. The highest BCUT2D eigenvalue weighted by Crippen LogP contribution is 2.39. The molecule has 1 N–H and O–H groups in total. The van der Waals surface area contributed by atoms with Gasteiger partial charge in [0.25, 0.3) is 0 Å². The second-order valence-electron chi connectivity index (χ2n) is 6.99. The summed E-state index contributed by atoms with van der Waals surface area (Å²) in [7, 11) is 0.445. The van der Waals surface area contributed by atoms with Crippen LogP contribution in [0.2, 0.25) is 0 Å². The van der Waals surface area contributed by atoms with Crippen LogP contribution in [-0.4, -0.2) is 10.7 Å². The molecule has 0 amide bonds. The van der Waals surface area contributed by atoms with Crippen molar-refractivity contribution in [2.75, 3.05) is 0 Å². The second kappa shape index (κ2) is 15.0. The maximum atomic E-state index is 13.3. The van der Waals surface area contributed by atoms with E-state index in [4.69, 9.17) is 5.26 Å². The second-order valence-corrected chi connectivity index (χ2v) is 7.99. The van der Waals surface area contributed by atoms with Crippen molar-refractivity contribution in [3.63, 3.8) is 0 Å². The normalized spacial score (nSPS) is 14.9. The highest BCUT2D eigenvalue weighted by atomic mass is 31.0. The van der Waals surface area contributed by atoms with Crippen LogP contribution in [0.1, 0.15) is 90.5 Å². The molecule has 30 heavy (non-hydrogen) atoms. The summed E-state index contributed by atoms with van der Waals surface area (Å²) in [6, 6.07) is 8.37. The molecule has 2 aromatic rings. The Hall–Kier alpha value is -1.85. The van der Waals surface area contributed by atoms with Crippen LogP contribution in [0.25, 0.3) is 16.9 Å². The predicted octanol–water partition coefficient (Wildman–Crippen LogP) is 9.06. The van der Waals surface area contributed by atoms with Gasteiger partial charge in [-0.05, 0) is 47.9 Å². The fraction of sp³-hybridized carbons (Fsp3) is 0.560. The Balaban J connectivity index is 0.00000108. The third-order valence-electron chi connectivity index (χ3n) is 4.57. The fourth-order valence-corrected chi connectivity index (χ4v) is 4.00. The van der Waals surface area contributed by atoms with Crippen molar-refractivity contribution < 1.29 is 8.78 Å². The number of alkyl halides is 2. The quantitative estimate of drug-likeness (QED) is 0.510. The van der Waals surface area contributed by atoms with Crippen molar-refractivity contribution >= 4 is 14.4 Å². The molecule has 1 aliphatic carbocycles. The molecule has 1 aromatic heterocycles.